The number of carboxylic acids is 1. The highest BCUT2D eigenvalue weighted by Crippen LogP contribution is 2.31. The van der Waals surface area contributed by atoms with Crippen molar-refractivity contribution in [3.63, 3.8) is 0 Å². The zero-order valence-corrected chi connectivity index (χ0v) is 15.1. The van der Waals surface area contributed by atoms with Crippen LogP contribution in [0.25, 0.3) is 0 Å². The number of fused-ring (bicyclic) bond motifs is 1. The zero-order valence-electron chi connectivity index (χ0n) is 15.1. The van der Waals surface area contributed by atoms with Gasteiger partial charge < -0.3 is 14.6 Å². The molecule has 9 nitrogen and oxygen atoms in total. The van der Waals surface area contributed by atoms with Crippen LogP contribution in [0, 0.1) is 10.1 Å². The third-order valence-electron chi connectivity index (χ3n) is 4.50. The number of anilines is 1. The second-order valence-corrected chi connectivity index (χ2v) is 6.34. The van der Waals surface area contributed by atoms with Crippen LogP contribution in [0.1, 0.15) is 31.1 Å². The minimum atomic E-state index is -1.44. The smallest absolute Gasteiger partial charge is 0.269 e. The summed E-state index contributed by atoms with van der Waals surface area (Å²) in [6.07, 6.45) is 0. The summed E-state index contributed by atoms with van der Waals surface area (Å²) in [4.78, 5) is 47.4. The SMILES string of the molecule is O=C([O-])c1ccc2c(c1)C(=O)N(c1ccc(Oc3ccc([N+](=O)[O-])cc3)cc1)C2=O. The topological polar surface area (TPSA) is 130 Å². The average molecular weight is 403 g/mol. The number of carbonyl (C=O) groups excluding carboxylic acids is 3. The van der Waals surface area contributed by atoms with Gasteiger partial charge in [0.2, 0.25) is 0 Å². The molecule has 1 aliphatic heterocycles. The van der Waals surface area contributed by atoms with E-state index in [-0.39, 0.29) is 28.1 Å². The Balaban J connectivity index is 1.55. The Morgan fingerprint density at radius 1 is 0.833 bits per heavy atom. The van der Waals surface area contributed by atoms with E-state index in [4.69, 9.17) is 4.74 Å². The fourth-order valence-electron chi connectivity index (χ4n) is 3.04. The molecular weight excluding hydrogens is 392 g/mol. The minimum Gasteiger partial charge on any atom is -0.545 e. The molecule has 148 valence electrons. The molecule has 4 rings (SSSR count). The van der Waals surface area contributed by atoms with Crippen molar-refractivity contribution in [3.05, 3.63) is 93.5 Å². The molecule has 0 N–H and O–H groups in total. The first-order valence-electron chi connectivity index (χ1n) is 8.62. The van der Waals surface area contributed by atoms with E-state index in [1.54, 1.807) is 0 Å². The maximum atomic E-state index is 12.7. The van der Waals surface area contributed by atoms with Crippen molar-refractivity contribution >= 4 is 29.2 Å². The predicted octanol–water partition coefficient (Wildman–Crippen LogP) is 2.55. The van der Waals surface area contributed by atoms with Gasteiger partial charge in [-0.2, -0.15) is 0 Å². The molecule has 0 radical (unpaired) electrons. The molecule has 0 aromatic heterocycles. The maximum Gasteiger partial charge on any atom is 0.269 e. The van der Waals surface area contributed by atoms with Gasteiger partial charge in [0.1, 0.15) is 11.5 Å². The first kappa shape index (κ1) is 18.8. The van der Waals surface area contributed by atoms with Crippen LogP contribution in [0.15, 0.2) is 66.7 Å². The summed E-state index contributed by atoms with van der Waals surface area (Å²) < 4.78 is 5.61. The van der Waals surface area contributed by atoms with Crippen LogP contribution in [0.2, 0.25) is 0 Å². The van der Waals surface area contributed by atoms with Crippen molar-refractivity contribution in [3.8, 4) is 11.5 Å². The number of carboxylic acid groups (broad SMARTS) is 1. The van der Waals surface area contributed by atoms with Crippen molar-refractivity contribution in [2.75, 3.05) is 4.90 Å². The molecule has 0 spiro atoms. The molecule has 30 heavy (non-hydrogen) atoms. The fraction of sp³-hybridized carbons (Fsp3) is 0. The zero-order chi connectivity index (χ0) is 21.4. The lowest BCUT2D eigenvalue weighted by Gasteiger charge is -2.14. The fourth-order valence-corrected chi connectivity index (χ4v) is 3.04. The number of hydrogen-bond donors (Lipinski definition) is 0. The van der Waals surface area contributed by atoms with Crippen LogP contribution >= 0.6 is 0 Å². The number of aromatic carboxylic acids is 1. The first-order valence-corrected chi connectivity index (χ1v) is 8.62. The number of rotatable bonds is 5. The van der Waals surface area contributed by atoms with Crippen LogP contribution < -0.4 is 14.7 Å². The van der Waals surface area contributed by atoms with Crippen molar-refractivity contribution in [1.82, 2.24) is 0 Å². The van der Waals surface area contributed by atoms with Crippen LogP contribution in [0.5, 0.6) is 11.5 Å². The van der Waals surface area contributed by atoms with Gasteiger partial charge in [-0.15, -0.1) is 0 Å². The van der Waals surface area contributed by atoms with Gasteiger partial charge >= 0.3 is 0 Å². The lowest BCUT2D eigenvalue weighted by molar-refractivity contribution is -0.384. The number of imide groups is 1. The van der Waals surface area contributed by atoms with E-state index in [1.807, 2.05) is 0 Å². The van der Waals surface area contributed by atoms with Crippen molar-refractivity contribution < 1.29 is 29.2 Å². The summed E-state index contributed by atoms with van der Waals surface area (Å²) in [7, 11) is 0. The third-order valence-corrected chi connectivity index (χ3v) is 4.50. The van der Waals surface area contributed by atoms with E-state index >= 15 is 0 Å². The Bertz CT molecular complexity index is 1200. The largest absolute Gasteiger partial charge is 0.545 e. The minimum absolute atomic E-state index is 0.00657. The summed E-state index contributed by atoms with van der Waals surface area (Å²) >= 11 is 0. The van der Waals surface area contributed by atoms with Crippen LogP contribution in [-0.4, -0.2) is 22.7 Å². The van der Waals surface area contributed by atoms with Gasteiger partial charge in [0.15, 0.2) is 0 Å². The molecular formula is C21H11N2O7-. The summed E-state index contributed by atoms with van der Waals surface area (Å²) in [6, 6.07) is 15.2. The van der Waals surface area contributed by atoms with E-state index in [0.717, 1.165) is 11.0 Å². The number of nitrogens with zero attached hydrogens (tertiary/aromatic N) is 2. The Morgan fingerprint density at radius 3 is 1.97 bits per heavy atom. The third kappa shape index (κ3) is 3.24. The molecule has 9 heteroatoms. The summed E-state index contributed by atoms with van der Waals surface area (Å²) in [5.41, 5.74) is 0.130. The first-order chi connectivity index (χ1) is 14.3. The number of ether oxygens (including phenoxy) is 1. The number of benzene rings is 3. The molecule has 0 saturated carbocycles. The molecule has 0 bridgehead atoms. The molecule has 2 amide bonds. The number of hydrogen-bond acceptors (Lipinski definition) is 7. The molecule has 0 fully saturated rings. The molecule has 1 aliphatic rings. The predicted molar refractivity (Wildman–Crippen MR) is 102 cm³/mol. The highest BCUT2D eigenvalue weighted by Gasteiger charge is 2.36. The van der Waals surface area contributed by atoms with Gasteiger partial charge in [-0.25, -0.2) is 4.90 Å². The van der Waals surface area contributed by atoms with Crippen molar-refractivity contribution in [1.29, 1.82) is 0 Å². The van der Waals surface area contributed by atoms with Crippen LogP contribution in [0.3, 0.4) is 0 Å². The maximum absolute atomic E-state index is 12.7. The molecule has 0 unspecified atom stereocenters. The Kier molecular flexibility index (Phi) is 4.47. The van der Waals surface area contributed by atoms with Crippen molar-refractivity contribution in [2.45, 2.75) is 0 Å². The normalized spacial score (nSPS) is 12.6. The molecule has 3 aromatic carbocycles. The quantitative estimate of drug-likeness (QED) is 0.363. The van der Waals surface area contributed by atoms with Gasteiger partial charge in [0.25, 0.3) is 17.5 Å². The Labute approximate surface area is 168 Å². The highest BCUT2D eigenvalue weighted by atomic mass is 16.6. The number of non-ortho nitro benzene ring substituents is 1. The number of carbonyl (C=O) groups is 3. The molecule has 0 saturated heterocycles. The van der Waals surface area contributed by atoms with Crippen molar-refractivity contribution in [2.24, 2.45) is 0 Å². The van der Waals surface area contributed by atoms with E-state index in [9.17, 15) is 29.6 Å². The monoisotopic (exact) mass is 403 g/mol. The van der Waals surface area contributed by atoms with Gasteiger partial charge in [-0.1, -0.05) is 6.07 Å². The second-order valence-electron chi connectivity index (χ2n) is 6.34. The van der Waals surface area contributed by atoms with Crippen LogP contribution in [0.4, 0.5) is 11.4 Å². The highest BCUT2D eigenvalue weighted by molar-refractivity contribution is 6.34. The molecule has 1 heterocycles. The molecule has 0 aliphatic carbocycles. The average Bonchev–Trinajstić information content (AvgIpc) is 2.99. The van der Waals surface area contributed by atoms with E-state index in [1.165, 1.54) is 60.7 Å². The standard InChI is InChI=1S/C21H12N2O7/c24-19-17-10-1-12(21(26)27)11-18(17)20(25)22(19)13-2-6-15(7-3-13)30-16-8-4-14(5-9-16)23(28)29/h1-11H,(H,26,27)/p-1. The number of nitro benzene ring substituents is 1. The second kappa shape index (κ2) is 7.13. The van der Waals surface area contributed by atoms with E-state index in [2.05, 4.69) is 0 Å². The number of nitro groups is 1. The summed E-state index contributed by atoms with van der Waals surface area (Å²) in [5, 5.41) is 21.7. The Morgan fingerprint density at radius 2 is 1.40 bits per heavy atom. The lowest BCUT2D eigenvalue weighted by Crippen LogP contribution is -2.29. The van der Waals surface area contributed by atoms with Gasteiger partial charge in [0.05, 0.1) is 27.7 Å². The van der Waals surface area contributed by atoms with E-state index in [0.29, 0.717) is 11.5 Å². The number of amides is 2. The van der Waals surface area contributed by atoms with Gasteiger partial charge in [0, 0.05) is 12.1 Å². The van der Waals surface area contributed by atoms with Crippen LogP contribution in [-0.2, 0) is 0 Å². The molecule has 3 aromatic rings. The molecule has 0 atom stereocenters. The van der Waals surface area contributed by atoms with E-state index < -0.39 is 22.7 Å². The van der Waals surface area contributed by atoms with Gasteiger partial charge in [-0.3, -0.25) is 19.7 Å². The Hall–Kier alpha value is -4.53. The summed E-state index contributed by atoms with van der Waals surface area (Å²) in [5.74, 6) is -1.87. The van der Waals surface area contributed by atoms with Gasteiger partial charge in [-0.05, 0) is 54.1 Å². The lowest BCUT2D eigenvalue weighted by atomic mass is 10.1. The summed E-state index contributed by atoms with van der Waals surface area (Å²) in [6.45, 7) is 0.